The third kappa shape index (κ3) is 3.48. The lowest BCUT2D eigenvalue weighted by Crippen LogP contribution is -2.53. The molecular weight excluding hydrogens is 348 g/mol. The van der Waals surface area contributed by atoms with Gasteiger partial charge in [-0.1, -0.05) is 17.7 Å². The van der Waals surface area contributed by atoms with Crippen molar-refractivity contribution in [2.75, 3.05) is 11.9 Å². The second-order valence-corrected chi connectivity index (χ2v) is 9.14. The fourth-order valence-corrected chi connectivity index (χ4v) is 6.08. The van der Waals surface area contributed by atoms with Crippen LogP contribution in [-0.2, 0) is 9.59 Å². The zero-order chi connectivity index (χ0) is 18.3. The van der Waals surface area contributed by atoms with Crippen molar-refractivity contribution in [2.45, 2.75) is 51.9 Å². The molecule has 2 N–H and O–H groups in total. The predicted molar refractivity (Wildman–Crippen MR) is 103 cm³/mol. The number of amides is 2. The summed E-state index contributed by atoms with van der Waals surface area (Å²) in [4.78, 5) is 25.0. The molecule has 26 heavy (non-hydrogen) atoms. The van der Waals surface area contributed by atoms with Crippen LogP contribution in [0.1, 0.15) is 50.5 Å². The van der Waals surface area contributed by atoms with Crippen molar-refractivity contribution in [2.24, 2.45) is 23.2 Å². The van der Waals surface area contributed by atoms with Gasteiger partial charge in [-0.2, -0.15) is 0 Å². The minimum atomic E-state index is -0.147. The average molecular weight is 375 g/mol. The molecule has 2 amide bonds. The number of rotatable bonds is 5. The highest BCUT2D eigenvalue weighted by atomic mass is 35.5. The van der Waals surface area contributed by atoms with Crippen LogP contribution in [-0.4, -0.2) is 18.4 Å². The molecule has 4 nitrogen and oxygen atoms in total. The molecule has 140 valence electrons. The number of nitrogens with one attached hydrogen (secondary N) is 2. The zero-order valence-electron chi connectivity index (χ0n) is 15.3. The molecule has 0 spiro atoms. The van der Waals surface area contributed by atoms with Crippen LogP contribution in [0.5, 0.6) is 0 Å². The molecule has 0 atom stereocenters. The molecule has 5 rings (SSSR count). The summed E-state index contributed by atoms with van der Waals surface area (Å²) in [6.07, 6.45) is 7.40. The Hall–Kier alpha value is -1.55. The standard InChI is InChI=1S/C21H27ClN2O2/c1-13-2-3-18(17(22)6-13)24-19(25)4-5-23-20(26)21-10-14-7-15(11-21)9-16(8-14)12-21/h2-3,6,14-16H,4-5,7-12H2,1H3,(H,23,26)(H,24,25). The molecule has 4 saturated carbocycles. The fourth-order valence-electron chi connectivity index (χ4n) is 5.80. The highest BCUT2D eigenvalue weighted by molar-refractivity contribution is 6.33. The Morgan fingerprint density at radius 2 is 1.73 bits per heavy atom. The number of carbonyl (C=O) groups is 2. The molecule has 4 fully saturated rings. The van der Waals surface area contributed by atoms with E-state index in [1.54, 1.807) is 0 Å². The van der Waals surface area contributed by atoms with E-state index < -0.39 is 0 Å². The summed E-state index contributed by atoms with van der Waals surface area (Å²) in [6, 6.07) is 5.55. The van der Waals surface area contributed by atoms with Gasteiger partial charge in [0, 0.05) is 18.4 Å². The van der Waals surface area contributed by atoms with Crippen molar-refractivity contribution >= 4 is 29.1 Å². The van der Waals surface area contributed by atoms with Crippen LogP contribution in [0, 0.1) is 30.1 Å². The predicted octanol–water partition coefficient (Wildman–Crippen LogP) is 4.31. The summed E-state index contributed by atoms with van der Waals surface area (Å²) >= 11 is 6.15. The van der Waals surface area contributed by atoms with E-state index in [0.29, 0.717) is 17.3 Å². The van der Waals surface area contributed by atoms with Gasteiger partial charge in [0.1, 0.15) is 0 Å². The maximum Gasteiger partial charge on any atom is 0.226 e. The Morgan fingerprint density at radius 1 is 1.12 bits per heavy atom. The molecule has 1 aromatic rings. The summed E-state index contributed by atoms with van der Waals surface area (Å²) < 4.78 is 0. The van der Waals surface area contributed by atoms with E-state index in [4.69, 9.17) is 11.6 Å². The van der Waals surface area contributed by atoms with Gasteiger partial charge in [-0.05, 0) is 80.9 Å². The molecule has 4 bridgehead atoms. The molecular formula is C21H27ClN2O2. The number of carbonyl (C=O) groups excluding carboxylic acids is 2. The Morgan fingerprint density at radius 3 is 2.31 bits per heavy atom. The first-order valence-corrected chi connectivity index (χ1v) is 10.2. The van der Waals surface area contributed by atoms with Gasteiger partial charge in [-0.25, -0.2) is 0 Å². The molecule has 0 unspecified atom stereocenters. The number of halogens is 1. The van der Waals surface area contributed by atoms with Crippen molar-refractivity contribution in [3.8, 4) is 0 Å². The van der Waals surface area contributed by atoms with Crippen molar-refractivity contribution in [1.29, 1.82) is 0 Å². The van der Waals surface area contributed by atoms with Crippen LogP contribution in [0.15, 0.2) is 18.2 Å². The lowest BCUT2D eigenvalue weighted by molar-refractivity contribution is -0.146. The largest absolute Gasteiger partial charge is 0.355 e. The van der Waals surface area contributed by atoms with Gasteiger partial charge in [0.15, 0.2) is 0 Å². The fraction of sp³-hybridized carbons (Fsp3) is 0.619. The lowest BCUT2D eigenvalue weighted by Gasteiger charge is -2.55. The molecule has 0 aliphatic heterocycles. The van der Waals surface area contributed by atoms with Crippen LogP contribution in [0.4, 0.5) is 5.69 Å². The molecule has 5 heteroatoms. The quantitative estimate of drug-likeness (QED) is 0.806. The van der Waals surface area contributed by atoms with Crippen LogP contribution < -0.4 is 10.6 Å². The lowest BCUT2D eigenvalue weighted by atomic mass is 9.49. The van der Waals surface area contributed by atoms with Crippen LogP contribution >= 0.6 is 11.6 Å². The molecule has 0 radical (unpaired) electrons. The minimum Gasteiger partial charge on any atom is -0.355 e. The van der Waals surface area contributed by atoms with Gasteiger partial charge in [0.25, 0.3) is 0 Å². The Labute approximate surface area is 160 Å². The first-order chi connectivity index (χ1) is 12.4. The molecule has 4 aliphatic rings. The molecule has 0 heterocycles. The number of anilines is 1. The summed E-state index contributed by atoms with van der Waals surface area (Å²) in [5.74, 6) is 2.30. The van der Waals surface area contributed by atoms with Crippen LogP contribution in [0.3, 0.4) is 0 Å². The summed E-state index contributed by atoms with van der Waals surface area (Å²) in [5.41, 5.74) is 1.52. The number of aryl methyl sites for hydroxylation is 1. The third-order valence-corrected chi connectivity index (χ3v) is 6.87. The molecule has 0 aromatic heterocycles. The van der Waals surface area contributed by atoms with E-state index in [1.807, 2.05) is 25.1 Å². The van der Waals surface area contributed by atoms with Crippen molar-refractivity contribution in [3.05, 3.63) is 28.8 Å². The van der Waals surface area contributed by atoms with E-state index in [0.717, 1.165) is 42.6 Å². The van der Waals surface area contributed by atoms with Gasteiger partial charge >= 0.3 is 0 Å². The van der Waals surface area contributed by atoms with Crippen molar-refractivity contribution < 1.29 is 9.59 Å². The van der Waals surface area contributed by atoms with Crippen molar-refractivity contribution in [1.82, 2.24) is 5.32 Å². The van der Waals surface area contributed by atoms with E-state index in [9.17, 15) is 9.59 Å². The second-order valence-electron chi connectivity index (χ2n) is 8.74. The van der Waals surface area contributed by atoms with Gasteiger partial charge in [0.05, 0.1) is 10.7 Å². The van der Waals surface area contributed by atoms with Gasteiger partial charge in [0.2, 0.25) is 11.8 Å². The van der Waals surface area contributed by atoms with Gasteiger partial charge in [-0.3, -0.25) is 9.59 Å². The second kappa shape index (κ2) is 6.88. The van der Waals surface area contributed by atoms with Crippen LogP contribution in [0.2, 0.25) is 5.02 Å². The third-order valence-electron chi connectivity index (χ3n) is 6.56. The first kappa shape index (κ1) is 17.8. The SMILES string of the molecule is Cc1ccc(NC(=O)CCNC(=O)C23CC4CC(CC(C4)C2)C3)c(Cl)c1. The van der Waals surface area contributed by atoms with Gasteiger partial charge < -0.3 is 10.6 Å². The minimum absolute atomic E-state index is 0.124. The van der Waals surface area contributed by atoms with E-state index in [1.165, 1.54) is 19.3 Å². The number of hydrogen-bond donors (Lipinski definition) is 2. The normalized spacial score (nSPS) is 31.7. The van der Waals surface area contributed by atoms with E-state index >= 15 is 0 Å². The molecule has 4 aliphatic carbocycles. The first-order valence-electron chi connectivity index (χ1n) is 9.78. The Balaban J connectivity index is 1.28. The van der Waals surface area contributed by atoms with Gasteiger partial charge in [-0.15, -0.1) is 0 Å². The molecule has 0 saturated heterocycles. The average Bonchev–Trinajstić information content (AvgIpc) is 2.56. The monoisotopic (exact) mass is 374 g/mol. The zero-order valence-corrected chi connectivity index (χ0v) is 16.1. The maximum atomic E-state index is 12.9. The summed E-state index contributed by atoms with van der Waals surface area (Å²) in [7, 11) is 0. The van der Waals surface area contributed by atoms with E-state index in [2.05, 4.69) is 10.6 Å². The smallest absolute Gasteiger partial charge is 0.226 e. The molecule has 1 aromatic carbocycles. The summed E-state index contributed by atoms with van der Waals surface area (Å²) in [6.45, 7) is 2.34. The Bertz CT molecular complexity index is 695. The van der Waals surface area contributed by atoms with Crippen LogP contribution in [0.25, 0.3) is 0 Å². The summed E-state index contributed by atoms with van der Waals surface area (Å²) in [5, 5.41) is 6.41. The maximum absolute atomic E-state index is 12.9. The topological polar surface area (TPSA) is 58.2 Å². The van der Waals surface area contributed by atoms with Crippen molar-refractivity contribution in [3.63, 3.8) is 0 Å². The highest BCUT2D eigenvalue weighted by Gasteiger charge is 2.54. The highest BCUT2D eigenvalue weighted by Crippen LogP contribution is 2.60. The number of benzene rings is 1. The number of hydrogen-bond acceptors (Lipinski definition) is 2. The Kier molecular flexibility index (Phi) is 4.72. The van der Waals surface area contributed by atoms with E-state index in [-0.39, 0.29) is 23.7 Å².